The maximum absolute atomic E-state index is 12.4. The lowest BCUT2D eigenvalue weighted by atomic mass is 10.1. The Morgan fingerprint density at radius 1 is 1.30 bits per heavy atom. The van der Waals surface area contributed by atoms with Gasteiger partial charge >= 0.3 is 0 Å². The lowest BCUT2D eigenvalue weighted by Gasteiger charge is -2.18. The van der Waals surface area contributed by atoms with Crippen molar-refractivity contribution in [1.29, 1.82) is 0 Å². The van der Waals surface area contributed by atoms with Gasteiger partial charge in [0.05, 0.1) is 0 Å². The molecule has 0 radical (unpaired) electrons. The largest absolute Gasteiger partial charge is 0.344 e. The van der Waals surface area contributed by atoms with Crippen molar-refractivity contribution in [2.24, 2.45) is 0 Å². The van der Waals surface area contributed by atoms with E-state index >= 15 is 0 Å². The van der Waals surface area contributed by atoms with Gasteiger partial charge in [0.2, 0.25) is 11.8 Å². The Bertz CT molecular complexity index is 559. The predicted molar refractivity (Wildman–Crippen MR) is 93.2 cm³/mol. The molecule has 2 aliphatic rings. The molecule has 0 aliphatic carbocycles. The fourth-order valence-corrected chi connectivity index (χ4v) is 3.23. The van der Waals surface area contributed by atoms with Crippen molar-refractivity contribution in [3.05, 3.63) is 29.3 Å². The average molecular weight is 358 g/mol. The fourth-order valence-electron chi connectivity index (χ4n) is 3.10. The van der Waals surface area contributed by atoms with Crippen LogP contribution in [0.5, 0.6) is 0 Å². The first-order valence-electron chi connectivity index (χ1n) is 7.73. The van der Waals surface area contributed by atoms with E-state index in [-0.39, 0.29) is 30.3 Å². The van der Waals surface area contributed by atoms with Crippen molar-refractivity contribution in [2.45, 2.75) is 37.8 Å². The second kappa shape index (κ2) is 7.99. The SMILES string of the molecule is Cl.O=C(CC1CCCN1)NC1CCN(c2ccc(Cl)cc2)C1=O. The molecule has 23 heavy (non-hydrogen) atoms. The Morgan fingerprint density at radius 2 is 2.04 bits per heavy atom. The van der Waals surface area contributed by atoms with Gasteiger partial charge in [-0.25, -0.2) is 0 Å². The molecule has 2 fully saturated rings. The van der Waals surface area contributed by atoms with Crippen molar-refractivity contribution in [2.75, 3.05) is 18.0 Å². The topological polar surface area (TPSA) is 61.4 Å². The van der Waals surface area contributed by atoms with Crippen molar-refractivity contribution in [3.63, 3.8) is 0 Å². The van der Waals surface area contributed by atoms with E-state index < -0.39 is 6.04 Å². The Labute approximate surface area is 147 Å². The molecule has 0 saturated carbocycles. The van der Waals surface area contributed by atoms with Crippen LogP contribution in [0.1, 0.15) is 25.7 Å². The Morgan fingerprint density at radius 3 is 2.70 bits per heavy atom. The van der Waals surface area contributed by atoms with Crippen LogP contribution in [0, 0.1) is 0 Å². The van der Waals surface area contributed by atoms with E-state index in [1.807, 2.05) is 12.1 Å². The summed E-state index contributed by atoms with van der Waals surface area (Å²) in [5, 5.41) is 6.81. The van der Waals surface area contributed by atoms with Crippen LogP contribution >= 0.6 is 24.0 Å². The van der Waals surface area contributed by atoms with Crippen LogP contribution in [0.15, 0.2) is 24.3 Å². The van der Waals surface area contributed by atoms with E-state index in [9.17, 15) is 9.59 Å². The van der Waals surface area contributed by atoms with E-state index in [1.165, 1.54) is 0 Å². The number of anilines is 1. The number of rotatable bonds is 4. The number of hydrogen-bond acceptors (Lipinski definition) is 3. The second-order valence-corrected chi connectivity index (χ2v) is 6.31. The third-order valence-corrected chi connectivity index (χ3v) is 4.53. The van der Waals surface area contributed by atoms with Gasteiger partial charge in [-0.1, -0.05) is 11.6 Å². The van der Waals surface area contributed by atoms with Gasteiger partial charge in [-0.15, -0.1) is 12.4 Å². The normalized spacial score (nSPS) is 23.7. The summed E-state index contributed by atoms with van der Waals surface area (Å²) in [6.45, 7) is 1.59. The van der Waals surface area contributed by atoms with Crippen molar-refractivity contribution < 1.29 is 9.59 Å². The van der Waals surface area contributed by atoms with E-state index in [0.717, 1.165) is 25.1 Å². The summed E-state index contributed by atoms with van der Waals surface area (Å²) in [5.41, 5.74) is 0.823. The molecular formula is C16H21Cl2N3O2. The van der Waals surface area contributed by atoms with E-state index in [2.05, 4.69) is 10.6 Å². The van der Waals surface area contributed by atoms with Gasteiger partial charge in [-0.3, -0.25) is 9.59 Å². The summed E-state index contributed by atoms with van der Waals surface area (Å²) in [7, 11) is 0. The quantitative estimate of drug-likeness (QED) is 0.867. The van der Waals surface area contributed by atoms with Crippen LogP contribution < -0.4 is 15.5 Å². The molecule has 2 saturated heterocycles. The zero-order valence-corrected chi connectivity index (χ0v) is 14.3. The van der Waals surface area contributed by atoms with Gasteiger partial charge in [-0.05, 0) is 50.1 Å². The number of benzene rings is 1. The van der Waals surface area contributed by atoms with E-state index in [0.29, 0.717) is 24.4 Å². The van der Waals surface area contributed by atoms with Gasteiger partial charge < -0.3 is 15.5 Å². The number of halogens is 2. The standard InChI is InChI=1S/C16H20ClN3O2.ClH/c17-11-3-5-13(6-4-11)20-9-7-14(16(20)22)19-15(21)10-12-2-1-8-18-12;/h3-6,12,14,18H,1-2,7-10H2,(H,19,21);1H. The Hall–Kier alpha value is -1.30. The summed E-state index contributed by atoms with van der Waals surface area (Å²) in [6.07, 6.45) is 3.24. The van der Waals surface area contributed by atoms with Gasteiger partial charge in [-0.2, -0.15) is 0 Å². The highest BCUT2D eigenvalue weighted by Crippen LogP contribution is 2.23. The summed E-state index contributed by atoms with van der Waals surface area (Å²) in [5.74, 6) is -0.0919. The molecular weight excluding hydrogens is 337 g/mol. The van der Waals surface area contributed by atoms with Crippen LogP contribution in [0.4, 0.5) is 5.69 Å². The smallest absolute Gasteiger partial charge is 0.249 e. The number of amides is 2. The molecule has 1 aromatic rings. The molecule has 2 atom stereocenters. The molecule has 2 N–H and O–H groups in total. The average Bonchev–Trinajstić information content (AvgIpc) is 3.11. The minimum absolute atomic E-state index is 0. The maximum Gasteiger partial charge on any atom is 0.249 e. The van der Waals surface area contributed by atoms with Crippen molar-refractivity contribution in [1.82, 2.24) is 10.6 Å². The zero-order valence-electron chi connectivity index (χ0n) is 12.8. The minimum atomic E-state index is -0.412. The molecule has 0 aromatic heterocycles. The number of hydrogen-bond donors (Lipinski definition) is 2. The molecule has 7 heteroatoms. The van der Waals surface area contributed by atoms with Gasteiger partial charge in [0, 0.05) is 29.7 Å². The monoisotopic (exact) mass is 357 g/mol. The summed E-state index contributed by atoms with van der Waals surface area (Å²) in [4.78, 5) is 26.2. The molecule has 2 heterocycles. The van der Waals surface area contributed by atoms with Crippen LogP contribution in [0.2, 0.25) is 5.02 Å². The first kappa shape index (κ1) is 18.0. The molecule has 3 rings (SSSR count). The summed E-state index contributed by atoms with van der Waals surface area (Å²) < 4.78 is 0. The molecule has 2 aliphatic heterocycles. The van der Waals surface area contributed by atoms with Crippen LogP contribution in [0.3, 0.4) is 0 Å². The third-order valence-electron chi connectivity index (χ3n) is 4.27. The Balaban J connectivity index is 0.00000192. The van der Waals surface area contributed by atoms with E-state index in [4.69, 9.17) is 11.6 Å². The first-order chi connectivity index (χ1) is 10.6. The van der Waals surface area contributed by atoms with Gasteiger partial charge in [0.1, 0.15) is 6.04 Å². The Kier molecular flexibility index (Phi) is 6.27. The number of carbonyl (C=O) groups excluding carboxylic acids is 2. The second-order valence-electron chi connectivity index (χ2n) is 5.87. The molecule has 126 valence electrons. The van der Waals surface area contributed by atoms with Crippen molar-refractivity contribution >= 4 is 41.5 Å². The maximum atomic E-state index is 12.4. The van der Waals surface area contributed by atoms with E-state index in [1.54, 1.807) is 17.0 Å². The number of nitrogens with one attached hydrogen (secondary N) is 2. The van der Waals surface area contributed by atoms with Crippen molar-refractivity contribution in [3.8, 4) is 0 Å². The molecule has 2 amide bonds. The summed E-state index contributed by atoms with van der Waals surface area (Å²) in [6, 6.07) is 7.03. The molecule has 1 aromatic carbocycles. The summed E-state index contributed by atoms with van der Waals surface area (Å²) >= 11 is 5.87. The first-order valence-corrected chi connectivity index (χ1v) is 8.11. The molecule has 0 spiro atoms. The predicted octanol–water partition coefficient (Wildman–Crippen LogP) is 2.13. The number of nitrogens with zero attached hydrogens (tertiary/aromatic N) is 1. The minimum Gasteiger partial charge on any atom is -0.344 e. The highest BCUT2D eigenvalue weighted by Gasteiger charge is 2.33. The van der Waals surface area contributed by atoms with Crippen LogP contribution in [-0.2, 0) is 9.59 Å². The lowest BCUT2D eigenvalue weighted by molar-refractivity contribution is -0.126. The van der Waals surface area contributed by atoms with Gasteiger partial charge in [0.25, 0.3) is 0 Å². The highest BCUT2D eigenvalue weighted by atomic mass is 35.5. The number of carbonyl (C=O) groups is 2. The van der Waals surface area contributed by atoms with Crippen LogP contribution in [0.25, 0.3) is 0 Å². The van der Waals surface area contributed by atoms with Gasteiger partial charge in [0.15, 0.2) is 0 Å². The third kappa shape index (κ3) is 4.37. The molecule has 0 bridgehead atoms. The highest BCUT2D eigenvalue weighted by molar-refractivity contribution is 6.30. The fraction of sp³-hybridized carbons (Fsp3) is 0.500. The molecule has 2 unspecified atom stereocenters. The zero-order chi connectivity index (χ0) is 15.5. The van der Waals surface area contributed by atoms with Crippen LogP contribution in [-0.4, -0.2) is 37.0 Å². The molecule has 5 nitrogen and oxygen atoms in total. The lowest BCUT2D eigenvalue weighted by Crippen LogP contribution is -2.43.